The van der Waals surface area contributed by atoms with Gasteiger partial charge in [0.15, 0.2) is 0 Å². The molecule has 1 fully saturated rings. The zero-order valence-electron chi connectivity index (χ0n) is 14.7. The molecule has 1 aliphatic heterocycles. The lowest BCUT2D eigenvalue weighted by atomic mass is 10.2. The lowest BCUT2D eigenvalue weighted by Gasteiger charge is -2.26. The molecule has 27 heavy (non-hydrogen) atoms. The molecule has 0 saturated carbocycles. The molecule has 0 bridgehead atoms. The monoisotopic (exact) mass is 411 g/mol. The van der Waals surface area contributed by atoms with Crippen LogP contribution < -0.4 is 10.1 Å². The number of nitrogens with zero attached hydrogens (tertiary/aromatic N) is 2. The number of hydrogen-bond acceptors (Lipinski definition) is 7. The summed E-state index contributed by atoms with van der Waals surface area (Å²) in [5.74, 6) is 0.0709. The van der Waals surface area contributed by atoms with Crippen molar-refractivity contribution < 1.29 is 22.7 Å². The van der Waals surface area contributed by atoms with Crippen LogP contribution in [0.5, 0.6) is 5.75 Å². The van der Waals surface area contributed by atoms with Gasteiger partial charge in [0.2, 0.25) is 10.0 Å². The van der Waals surface area contributed by atoms with Crippen molar-refractivity contribution >= 4 is 27.3 Å². The number of hydrogen-bond donors (Lipinski definition) is 1. The van der Waals surface area contributed by atoms with Crippen molar-refractivity contribution in [1.29, 1.82) is 0 Å². The van der Waals surface area contributed by atoms with Crippen molar-refractivity contribution in [3.8, 4) is 5.75 Å². The predicted molar refractivity (Wildman–Crippen MR) is 101 cm³/mol. The van der Waals surface area contributed by atoms with E-state index in [-0.39, 0.29) is 18.2 Å². The number of nitrogens with one attached hydrogen (secondary N) is 1. The fourth-order valence-electron chi connectivity index (χ4n) is 2.54. The first kappa shape index (κ1) is 19.7. The molecule has 0 spiro atoms. The molecule has 1 aliphatic rings. The maximum Gasteiger partial charge on any atom is 0.251 e. The topological polar surface area (TPSA) is 97.8 Å². The van der Waals surface area contributed by atoms with Crippen LogP contribution in [0.25, 0.3) is 0 Å². The number of thiazole rings is 1. The van der Waals surface area contributed by atoms with Gasteiger partial charge >= 0.3 is 0 Å². The number of amides is 1. The van der Waals surface area contributed by atoms with E-state index in [1.165, 1.54) is 15.6 Å². The smallest absolute Gasteiger partial charge is 0.251 e. The van der Waals surface area contributed by atoms with Gasteiger partial charge in [-0.15, -0.1) is 11.3 Å². The van der Waals surface area contributed by atoms with E-state index in [0.717, 1.165) is 5.69 Å². The first-order valence-corrected chi connectivity index (χ1v) is 11.0. The molecule has 1 aromatic carbocycles. The third kappa shape index (κ3) is 5.73. The molecular weight excluding hydrogens is 390 g/mol. The number of sulfonamides is 1. The number of aromatic nitrogens is 1. The lowest BCUT2D eigenvalue weighted by molar-refractivity contribution is 0.0730. The van der Waals surface area contributed by atoms with E-state index in [1.807, 2.05) is 5.38 Å². The van der Waals surface area contributed by atoms with Gasteiger partial charge in [-0.2, -0.15) is 4.31 Å². The summed E-state index contributed by atoms with van der Waals surface area (Å²) in [6, 6.07) is 6.75. The predicted octanol–water partition coefficient (Wildman–Crippen LogP) is 1.11. The third-order valence-electron chi connectivity index (χ3n) is 3.98. The maximum absolute atomic E-state index is 12.3. The molecule has 1 aromatic heterocycles. The van der Waals surface area contributed by atoms with Crippen LogP contribution in [-0.4, -0.2) is 62.2 Å². The van der Waals surface area contributed by atoms with E-state index in [2.05, 4.69) is 10.3 Å². The molecule has 146 valence electrons. The van der Waals surface area contributed by atoms with Crippen LogP contribution >= 0.6 is 11.3 Å². The summed E-state index contributed by atoms with van der Waals surface area (Å²) in [6.07, 6.45) is 0. The van der Waals surface area contributed by atoms with E-state index >= 15 is 0 Å². The molecule has 0 aliphatic carbocycles. The Morgan fingerprint density at radius 1 is 1.33 bits per heavy atom. The van der Waals surface area contributed by atoms with Gasteiger partial charge in [0.25, 0.3) is 5.91 Å². The number of ether oxygens (including phenoxy) is 2. The van der Waals surface area contributed by atoms with E-state index in [0.29, 0.717) is 44.2 Å². The average Bonchev–Trinajstić information content (AvgIpc) is 3.21. The number of rotatable bonds is 8. The molecule has 8 nitrogen and oxygen atoms in total. The van der Waals surface area contributed by atoms with Crippen molar-refractivity contribution in [2.24, 2.45) is 0 Å². The van der Waals surface area contributed by atoms with Crippen LogP contribution in [0.15, 0.2) is 35.2 Å². The minimum atomic E-state index is -3.40. The van der Waals surface area contributed by atoms with Gasteiger partial charge in [-0.25, -0.2) is 13.4 Å². The summed E-state index contributed by atoms with van der Waals surface area (Å²) >= 11 is 1.49. The molecule has 1 saturated heterocycles. The molecule has 1 amide bonds. The summed E-state index contributed by atoms with van der Waals surface area (Å²) in [6.45, 7) is 1.89. The number of carbonyl (C=O) groups excluding carboxylic acids is 1. The highest BCUT2D eigenvalue weighted by molar-refractivity contribution is 7.89. The van der Waals surface area contributed by atoms with Crippen molar-refractivity contribution in [3.63, 3.8) is 0 Å². The minimum Gasteiger partial charge on any atom is -0.487 e. The van der Waals surface area contributed by atoms with Crippen LogP contribution in [0.4, 0.5) is 0 Å². The Balaban J connectivity index is 1.49. The van der Waals surface area contributed by atoms with E-state index < -0.39 is 10.0 Å². The van der Waals surface area contributed by atoms with Crippen LogP contribution in [0.3, 0.4) is 0 Å². The van der Waals surface area contributed by atoms with Gasteiger partial charge in [-0.1, -0.05) is 6.07 Å². The Labute approximate surface area is 162 Å². The van der Waals surface area contributed by atoms with E-state index in [9.17, 15) is 13.2 Å². The molecule has 0 unspecified atom stereocenters. The van der Waals surface area contributed by atoms with Crippen molar-refractivity contribution in [2.75, 3.05) is 38.6 Å². The standard InChI is InChI=1S/C17H21N3O5S2/c21-17(18-4-9-27(22,23)20-5-7-24-8-6-20)14-2-1-3-16(10-14)25-11-15-12-26-13-19-15/h1-3,10,12-13H,4-9,11H2,(H,18,21). The molecule has 1 N–H and O–H groups in total. The second-order valence-electron chi connectivity index (χ2n) is 5.88. The van der Waals surface area contributed by atoms with Crippen molar-refractivity contribution in [3.05, 3.63) is 46.4 Å². The SMILES string of the molecule is O=C(NCCS(=O)(=O)N1CCOCC1)c1cccc(OCc2cscn2)c1. The molecule has 10 heteroatoms. The van der Waals surface area contributed by atoms with Crippen LogP contribution in [0.2, 0.25) is 0 Å². The molecule has 2 heterocycles. The largest absolute Gasteiger partial charge is 0.487 e. The first-order valence-electron chi connectivity index (χ1n) is 8.48. The van der Waals surface area contributed by atoms with Gasteiger partial charge in [0, 0.05) is 30.6 Å². The first-order chi connectivity index (χ1) is 13.0. The summed E-state index contributed by atoms with van der Waals surface area (Å²) in [4.78, 5) is 16.4. The van der Waals surface area contributed by atoms with Gasteiger partial charge in [-0.3, -0.25) is 4.79 Å². The van der Waals surface area contributed by atoms with Crippen LogP contribution in [-0.2, 0) is 21.4 Å². The Morgan fingerprint density at radius 2 is 2.15 bits per heavy atom. The third-order valence-corrected chi connectivity index (χ3v) is 6.48. The maximum atomic E-state index is 12.3. The Hall–Kier alpha value is -2.01. The Bertz CT molecular complexity index is 849. The van der Waals surface area contributed by atoms with Crippen molar-refractivity contribution in [1.82, 2.24) is 14.6 Å². The molecular formula is C17H21N3O5S2. The highest BCUT2D eigenvalue weighted by Gasteiger charge is 2.24. The van der Waals surface area contributed by atoms with Gasteiger partial charge in [-0.05, 0) is 18.2 Å². The van der Waals surface area contributed by atoms with Gasteiger partial charge in [0.1, 0.15) is 12.4 Å². The van der Waals surface area contributed by atoms with E-state index in [1.54, 1.807) is 29.8 Å². The van der Waals surface area contributed by atoms with Gasteiger partial charge < -0.3 is 14.8 Å². The summed E-state index contributed by atoms with van der Waals surface area (Å²) in [7, 11) is -3.40. The Morgan fingerprint density at radius 3 is 2.89 bits per heavy atom. The van der Waals surface area contributed by atoms with E-state index in [4.69, 9.17) is 9.47 Å². The normalized spacial score (nSPS) is 15.4. The zero-order chi connectivity index (χ0) is 19.1. The fourth-order valence-corrected chi connectivity index (χ4v) is 4.41. The molecule has 2 aromatic rings. The Kier molecular flexibility index (Phi) is 6.78. The minimum absolute atomic E-state index is 0.0441. The number of carbonyl (C=O) groups is 1. The van der Waals surface area contributed by atoms with Crippen molar-refractivity contribution in [2.45, 2.75) is 6.61 Å². The summed E-state index contributed by atoms with van der Waals surface area (Å²) in [5, 5.41) is 4.54. The molecule has 0 atom stereocenters. The molecule has 0 radical (unpaired) electrons. The second kappa shape index (κ2) is 9.27. The number of benzene rings is 1. The summed E-state index contributed by atoms with van der Waals surface area (Å²) < 4.78 is 36.7. The highest BCUT2D eigenvalue weighted by Crippen LogP contribution is 2.15. The van der Waals surface area contributed by atoms with Gasteiger partial charge in [0.05, 0.1) is 30.2 Å². The summed E-state index contributed by atoms with van der Waals surface area (Å²) in [5.41, 5.74) is 2.96. The lowest BCUT2D eigenvalue weighted by Crippen LogP contribution is -2.43. The van der Waals surface area contributed by atoms with Crippen LogP contribution in [0.1, 0.15) is 16.1 Å². The highest BCUT2D eigenvalue weighted by atomic mass is 32.2. The number of morpholine rings is 1. The molecule has 3 rings (SSSR count). The fraction of sp³-hybridized carbons (Fsp3) is 0.412. The second-order valence-corrected chi connectivity index (χ2v) is 8.69. The zero-order valence-corrected chi connectivity index (χ0v) is 16.3. The average molecular weight is 412 g/mol. The van der Waals surface area contributed by atoms with Crippen LogP contribution in [0, 0.1) is 0 Å². The quantitative estimate of drug-likeness (QED) is 0.699.